The van der Waals surface area contributed by atoms with E-state index in [0.717, 1.165) is 21.8 Å². The molecule has 336 valence electrons. The van der Waals surface area contributed by atoms with Gasteiger partial charge in [-0.25, -0.2) is 4.79 Å². The number of carboxylic acids is 1. The molecule has 0 aliphatic carbocycles. The number of carbonyl (C=O) groups is 6. The van der Waals surface area contributed by atoms with Crippen LogP contribution < -0.4 is 32.3 Å². The highest BCUT2D eigenvalue weighted by molar-refractivity contribution is 7.98. The molecule has 0 bridgehead atoms. The lowest BCUT2D eigenvalue weighted by atomic mass is 9.99. The van der Waals surface area contributed by atoms with Gasteiger partial charge in [-0.05, 0) is 71.7 Å². The number of amides is 5. The number of phenols is 1. The fraction of sp³-hybridized carbons (Fsp3) is 0.378. The monoisotopic (exact) mass is 900 g/mol. The molecule has 0 fully saturated rings. The number of aromatic amines is 2. The van der Waals surface area contributed by atoms with Crippen LogP contribution in [0.1, 0.15) is 43.4 Å². The quantitative estimate of drug-likeness (QED) is 0.0427. The number of H-pyrrole nitrogens is 2. The van der Waals surface area contributed by atoms with Crippen LogP contribution in [0, 0.1) is 5.92 Å². The zero-order valence-electron chi connectivity index (χ0n) is 35.4. The third-order valence-electron chi connectivity index (χ3n) is 10.6. The summed E-state index contributed by atoms with van der Waals surface area (Å²) in [6, 6.07) is 13.7. The fourth-order valence-electron chi connectivity index (χ4n) is 7.18. The lowest BCUT2D eigenvalue weighted by molar-refractivity contribution is -0.142. The first kappa shape index (κ1) is 48.1. The smallest absolute Gasteiger partial charge is 0.326 e. The molecular weight excluding hydrogens is 845 g/mol. The maximum absolute atomic E-state index is 14.7. The summed E-state index contributed by atoms with van der Waals surface area (Å²) in [5.41, 5.74) is 9.45. The summed E-state index contributed by atoms with van der Waals surface area (Å²) in [7, 11) is 0. The SMILES string of the molecule is CSCC[C@H](NC(=O)[C@H](Cc1ccc(O)cc1)NC(=O)[C@H](Cc1c[nH]c2ccccc12)NC(=O)[C@H](Cc1c[nH]c2ccccc12)NC(=O)[C@H](CC(C)C)NC(=O)[C@@H](N)CS)C(=O)O. The number of carbonyl (C=O) groups excluding carboxylic acids is 5. The molecule has 5 aromatic rings. The van der Waals surface area contributed by atoms with Crippen molar-refractivity contribution in [3.05, 3.63) is 102 Å². The number of aromatic nitrogens is 2. The van der Waals surface area contributed by atoms with Gasteiger partial charge in [-0.15, -0.1) is 0 Å². The van der Waals surface area contributed by atoms with Gasteiger partial charge in [0.15, 0.2) is 0 Å². The van der Waals surface area contributed by atoms with E-state index in [1.165, 1.54) is 23.9 Å². The summed E-state index contributed by atoms with van der Waals surface area (Å²) in [6.45, 7) is 3.77. The number of nitrogens with one attached hydrogen (secondary N) is 7. The maximum Gasteiger partial charge on any atom is 0.326 e. The minimum absolute atomic E-state index is 0.0123. The lowest BCUT2D eigenvalue weighted by Crippen LogP contribution is -2.60. The van der Waals surface area contributed by atoms with Gasteiger partial charge >= 0.3 is 5.97 Å². The summed E-state index contributed by atoms with van der Waals surface area (Å²) in [4.78, 5) is 88.8. The molecule has 16 nitrogen and oxygen atoms in total. The number of benzene rings is 3. The number of thiol groups is 1. The molecule has 11 N–H and O–H groups in total. The van der Waals surface area contributed by atoms with Gasteiger partial charge in [-0.2, -0.15) is 24.4 Å². The highest BCUT2D eigenvalue weighted by atomic mass is 32.2. The zero-order valence-corrected chi connectivity index (χ0v) is 37.1. The average Bonchev–Trinajstić information content (AvgIpc) is 3.87. The van der Waals surface area contributed by atoms with E-state index in [9.17, 15) is 39.0 Å². The Labute approximate surface area is 375 Å². The van der Waals surface area contributed by atoms with Crippen molar-refractivity contribution in [2.24, 2.45) is 11.7 Å². The van der Waals surface area contributed by atoms with Gasteiger partial charge in [0.1, 0.15) is 36.0 Å². The van der Waals surface area contributed by atoms with E-state index in [-0.39, 0.29) is 49.5 Å². The number of rotatable bonds is 23. The van der Waals surface area contributed by atoms with Gasteiger partial charge in [0.2, 0.25) is 29.5 Å². The average molecular weight is 901 g/mol. The molecule has 63 heavy (non-hydrogen) atoms. The third-order valence-corrected chi connectivity index (χ3v) is 11.6. The molecule has 18 heteroatoms. The first-order valence-electron chi connectivity index (χ1n) is 20.6. The molecule has 0 unspecified atom stereocenters. The number of hydrogen-bond donors (Lipinski definition) is 11. The number of aliphatic carboxylic acids is 1. The van der Waals surface area contributed by atoms with Crippen molar-refractivity contribution in [1.29, 1.82) is 0 Å². The van der Waals surface area contributed by atoms with Gasteiger partial charge in [0.25, 0.3) is 0 Å². The van der Waals surface area contributed by atoms with Gasteiger partial charge in [-0.1, -0.05) is 62.4 Å². The Morgan fingerprint density at radius 1 is 0.651 bits per heavy atom. The minimum atomic E-state index is -1.33. The van der Waals surface area contributed by atoms with Crippen LogP contribution in [0.3, 0.4) is 0 Å². The van der Waals surface area contributed by atoms with Crippen LogP contribution in [0.15, 0.2) is 85.2 Å². The number of phenolic OH excluding ortho intramolecular Hbond substituents is 1. The van der Waals surface area contributed by atoms with Crippen LogP contribution >= 0.6 is 24.4 Å². The molecule has 2 heterocycles. The zero-order chi connectivity index (χ0) is 45.6. The number of nitrogens with two attached hydrogens (primary N) is 1. The summed E-state index contributed by atoms with van der Waals surface area (Å²) in [6.07, 6.45) is 5.49. The van der Waals surface area contributed by atoms with Crippen molar-refractivity contribution in [2.45, 2.75) is 82.2 Å². The Balaban J connectivity index is 1.50. The second kappa shape index (κ2) is 22.9. The van der Waals surface area contributed by atoms with E-state index in [4.69, 9.17) is 5.73 Å². The van der Waals surface area contributed by atoms with E-state index in [1.807, 2.05) is 68.6 Å². The first-order valence-corrected chi connectivity index (χ1v) is 22.7. The summed E-state index contributed by atoms with van der Waals surface area (Å²) in [5.74, 6) is -4.25. The number of thioether (sulfide) groups is 1. The summed E-state index contributed by atoms with van der Waals surface area (Å²) >= 11 is 5.54. The molecule has 0 aliphatic heterocycles. The number of carboxylic acid groups (broad SMARTS) is 1. The number of para-hydroxylation sites is 2. The van der Waals surface area contributed by atoms with E-state index in [1.54, 1.807) is 24.5 Å². The number of aromatic hydroxyl groups is 1. The number of hydrogen-bond acceptors (Lipinski definition) is 10. The lowest BCUT2D eigenvalue weighted by Gasteiger charge is -2.27. The highest BCUT2D eigenvalue weighted by Gasteiger charge is 2.34. The molecule has 0 saturated carbocycles. The molecule has 6 atom stereocenters. The van der Waals surface area contributed by atoms with Gasteiger partial charge in [0, 0.05) is 59.2 Å². The van der Waals surface area contributed by atoms with Crippen molar-refractivity contribution in [3.63, 3.8) is 0 Å². The Bertz CT molecular complexity index is 2370. The van der Waals surface area contributed by atoms with Crippen molar-refractivity contribution in [2.75, 3.05) is 17.8 Å². The van der Waals surface area contributed by atoms with E-state index in [2.05, 4.69) is 49.2 Å². The highest BCUT2D eigenvalue weighted by Crippen LogP contribution is 2.22. The van der Waals surface area contributed by atoms with Crippen LogP contribution in [0.25, 0.3) is 21.8 Å². The Morgan fingerprint density at radius 3 is 1.56 bits per heavy atom. The molecule has 0 saturated heterocycles. The van der Waals surface area contributed by atoms with Crippen LogP contribution in [0.2, 0.25) is 0 Å². The molecule has 0 radical (unpaired) electrons. The van der Waals surface area contributed by atoms with Crippen molar-refractivity contribution in [1.82, 2.24) is 36.6 Å². The van der Waals surface area contributed by atoms with Crippen LogP contribution in [-0.2, 0) is 48.0 Å². The second-order valence-electron chi connectivity index (χ2n) is 15.8. The summed E-state index contributed by atoms with van der Waals surface area (Å²) in [5, 5.41) is 35.2. The van der Waals surface area contributed by atoms with E-state index >= 15 is 0 Å². The predicted octanol–water partition coefficient (Wildman–Crippen LogP) is 2.95. The van der Waals surface area contributed by atoms with Gasteiger partial charge < -0.3 is 52.5 Å². The first-order chi connectivity index (χ1) is 30.2. The molecule has 0 aliphatic rings. The van der Waals surface area contributed by atoms with Gasteiger partial charge in [0.05, 0.1) is 6.04 Å². The molecule has 5 amide bonds. The standard InChI is InChI=1S/C45H56N8O8S2/c1-25(2)18-36(50-40(55)32(46)24-62)41(56)52-39(21-28-23-48-34-11-7-5-9-31(28)34)44(59)53-38(20-27-22-47-33-10-6-4-8-30(27)33)43(58)51-37(19-26-12-14-29(54)15-13-26)42(57)49-35(45(60)61)16-17-63-3/h4-15,22-23,25,32,35-39,47-48,54,62H,16-21,24,46H2,1-3H3,(H,49,57)(H,50,55)(H,51,58)(H,52,56)(H,53,59)(H,60,61)/t32-,35-,36-,37-,38-,39-/m0/s1. The third kappa shape index (κ3) is 13.5. The molecule has 2 aromatic heterocycles. The largest absolute Gasteiger partial charge is 0.508 e. The topological polar surface area (TPSA) is 261 Å². The molecule has 0 spiro atoms. The molecular formula is C45H56N8O8S2. The Hall–Kier alpha value is -5.98. The Kier molecular flexibility index (Phi) is 17.5. The molecule has 5 rings (SSSR count). The van der Waals surface area contributed by atoms with Crippen LogP contribution in [0.4, 0.5) is 0 Å². The van der Waals surface area contributed by atoms with Crippen molar-refractivity contribution >= 4 is 81.7 Å². The van der Waals surface area contributed by atoms with Crippen molar-refractivity contribution in [3.8, 4) is 5.75 Å². The van der Waals surface area contributed by atoms with Crippen LogP contribution in [-0.4, -0.2) is 110 Å². The summed E-state index contributed by atoms with van der Waals surface area (Å²) < 4.78 is 0. The molecule has 3 aromatic carbocycles. The normalized spacial score (nSPS) is 14.3. The Morgan fingerprint density at radius 2 is 1.10 bits per heavy atom. The number of fused-ring (bicyclic) bond motifs is 2. The predicted molar refractivity (Wildman–Crippen MR) is 247 cm³/mol. The minimum Gasteiger partial charge on any atom is -0.508 e. The second-order valence-corrected chi connectivity index (χ2v) is 17.2. The van der Waals surface area contributed by atoms with Crippen LogP contribution in [0.5, 0.6) is 5.75 Å². The van der Waals surface area contributed by atoms with Crippen molar-refractivity contribution < 1.29 is 39.0 Å². The van der Waals surface area contributed by atoms with E-state index in [0.29, 0.717) is 22.4 Å². The van der Waals surface area contributed by atoms with E-state index < -0.39 is 71.8 Å². The fourth-order valence-corrected chi connectivity index (χ4v) is 7.82. The van der Waals surface area contributed by atoms with Gasteiger partial charge in [-0.3, -0.25) is 24.0 Å². The maximum atomic E-state index is 14.7.